The normalized spacial score (nSPS) is 15.8. The van der Waals surface area contributed by atoms with E-state index in [-0.39, 0.29) is 6.03 Å². The highest BCUT2D eigenvalue weighted by Crippen LogP contribution is 2.21. The Morgan fingerprint density at radius 2 is 1.90 bits per heavy atom. The van der Waals surface area contributed by atoms with Gasteiger partial charge in [-0.1, -0.05) is 49.6 Å². The predicted octanol–water partition coefficient (Wildman–Crippen LogP) is 3.59. The molecule has 2 rings (SSSR count). The van der Waals surface area contributed by atoms with Crippen LogP contribution in [0.15, 0.2) is 30.3 Å². The highest BCUT2D eigenvalue weighted by molar-refractivity contribution is 5.74. The van der Waals surface area contributed by atoms with Crippen molar-refractivity contribution in [3.63, 3.8) is 0 Å². The fourth-order valence-electron chi connectivity index (χ4n) is 2.89. The van der Waals surface area contributed by atoms with E-state index in [9.17, 15) is 4.79 Å². The number of carbonyl (C=O) groups is 1. The number of urea groups is 1. The van der Waals surface area contributed by atoms with Crippen LogP contribution in [0.4, 0.5) is 4.79 Å². The van der Waals surface area contributed by atoms with E-state index < -0.39 is 0 Å². The van der Waals surface area contributed by atoms with Crippen LogP contribution in [0.5, 0.6) is 0 Å². The fourth-order valence-corrected chi connectivity index (χ4v) is 2.89. The summed E-state index contributed by atoms with van der Waals surface area (Å²) in [5, 5.41) is 3.04. The molecule has 2 amide bonds. The molecule has 1 N–H and O–H groups in total. The van der Waals surface area contributed by atoms with Crippen molar-refractivity contribution in [1.82, 2.24) is 10.2 Å². The molecule has 1 saturated carbocycles. The monoisotopic (exact) mass is 274 g/mol. The first-order valence-corrected chi connectivity index (χ1v) is 7.82. The molecule has 3 nitrogen and oxygen atoms in total. The molecule has 1 aromatic rings. The van der Waals surface area contributed by atoms with Gasteiger partial charge in [0, 0.05) is 19.6 Å². The molecule has 0 atom stereocenters. The SMILES string of the molecule is CN(C(=O)NCCCc1ccccc1)C1CCCCC1. The van der Waals surface area contributed by atoms with Crippen molar-refractivity contribution in [2.75, 3.05) is 13.6 Å². The first-order valence-electron chi connectivity index (χ1n) is 7.82. The Hall–Kier alpha value is -1.51. The van der Waals surface area contributed by atoms with E-state index in [0.29, 0.717) is 6.04 Å². The highest BCUT2D eigenvalue weighted by atomic mass is 16.2. The van der Waals surface area contributed by atoms with Crippen molar-refractivity contribution >= 4 is 6.03 Å². The topological polar surface area (TPSA) is 32.3 Å². The van der Waals surface area contributed by atoms with E-state index in [1.54, 1.807) is 0 Å². The maximum atomic E-state index is 12.1. The number of hydrogen-bond acceptors (Lipinski definition) is 1. The van der Waals surface area contributed by atoms with Crippen LogP contribution in [0.2, 0.25) is 0 Å². The molecular formula is C17H26N2O. The van der Waals surface area contributed by atoms with Crippen LogP contribution in [-0.4, -0.2) is 30.6 Å². The second kappa shape index (κ2) is 7.93. The van der Waals surface area contributed by atoms with Gasteiger partial charge in [-0.3, -0.25) is 0 Å². The third kappa shape index (κ3) is 4.55. The van der Waals surface area contributed by atoms with Crippen LogP contribution in [-0.2, 0) is 6.42 Å². The largest absolute Gasteiger partial charge is 0.338 e. The Kier molecular flexibility index (Phi) is 5.90. The molecule has 0 bridgehead atoms. The lowest BCUT2D eigenvalue weighted by molar-refractivity contribution is 0.173. The van der Waals surface area contributed by atoms with Gasteiger partial charge >= 0.3 is 6.03 Å². The number of rotatable bonds is 5. The maximum Gasteiger partial charge on any atom is 0.317 e. The minimum atomic E-state index is 0.0879. The summed E-state index contributed by atoms with van der Waals surface area (Å²) in [5.41, 5.74) is 1.34. The lowest BCUT2D eigenvalue weighted by Gasteiger charge is -2.31. The minimum absolute atomic E-state index is 0.0879. The van der Waals surface area contributed by atoms with Gasteiger partial charge in [-0.15, -0.1) is 0 Å². The lowest BCUT2D eigenvalue weighted by Crippen LogP contribution is -2.44. The van der Waals surface area contributed by atoms with Gasteiger partial charge in [-0.2, -0.15) is 0 Å². The number of carbonyl (C=O) groups excluding carboxylic acids is 1. The van der Waals surface area contributed by atoms with E-state index in [4.69, 9.17) is 0 Å². The first-order chi connectivity index (χ1) is 9.77. The van der Waals surface area contributed by atoms with Crippen molar-refractivity contribution in [1.29, 1.82) is 0 Å². The third-order valence-corrected chi connectivity index (χ3v) is 4.20. The van der Waals surface area contributed by atoms with Gasteiger partial charge < -0.3 is 10.2 Å². The Bertz CT molecular complexity index is 399. The Balaban J connectivity index is 1.64. The van der Waals surface area contributed by atoms with Gasteiger partial charge in [-0.25, -0.2) is 4.79 Å². The van der Waals surface area contributed by atoms with Crippen molar-refractivity contribution in [2.24, 2.45) is 0 Å². The van der Waals surface area contributed by atoms with Crippen molar-refractivity contribution in [2.45, 2.75) is 51.0 Å². The molecule has 0 unspecified atom stereocenters. The zero-order valence-corrected chi connectivity index (χ0v) is 12.5. The van der Waals surface area contributed by atoms with Crippen molar-refractivity contribution < 1.29 is 4.79 Å². The van der Waals surface area contributed by atoms with E-state index >= 15 is 0 Å². The molecule has 1 aliphatic rings. The number of aryl methyl sites for hydroxylation is 1. The molecular weight excluding hydrogens is 248 g/mol. The smallest absolute Gasteiger partial charge is 0.317 e. The predicted molar refractivity (Wildman–Crippen MR) is 82.8 cm³/mol. The summed E-state index contributed by atoms with van der Waals surface area (Å²) in [7, 11) is 1.93. The minimum Gasteiger partial charge on any atom is -0.338 e. The van der Waals surface area contributed by atoms with Crippen LogP contribution in [0.1, 0.15) is 44.1 Å². The molecule has 3 heteroatoms. The molecule has 1 aromatic carbocycles. The van der Waals surface area contributed by atoms with Crippen LogP contribution in [0.3, 0.4) is 0 Å². The molecule has 0 spiro atoms. The van der Waals surface area contributed by atoms with Crippen molar-refractivity contribution in [3.05, 3.63) is 35.9 Å². The Morgan fingerprint density at radius 1 is 1.20 bits per heavy atom. The zero-order chi connectivity index (χ0) is 14.2. The maximum absolute atomic E-state index is 12.1. The quantitative estimate of drug-likeness (QED) is 0.818. The molecule has 1 fully saturated rings. The summed E-state index contributed by atoms with van der Waals surface area (Å²) in [6, 6.07) is 11.0. The number of benzene rings is 1. The van der Waals surface area contributed by atoms with Gasteiger partial charge in [0.25, 0.3) is 0 Å². The van der Waals surface area contributed by atoms with Gasteiger partial charge in [0.15, 0.2) is 0 Å². The molecule has 0 saturated heterocycles. The molecule has 20 heavy (non-hydrogen) atoms. The van der Waals surface area contributed by atoms with E-state index in [0.717, 1.165) is 32.2 Å². The number of hydrogen-bond donors (Lipinski definition) is 1. The summed E-state index contributed by atoms with van der Waals surface area (Å²) in [6.45, 7) is 0.755. The van der Waals surface area contributed by atoms with Gasteiger partial charge in [0.1, 0.15) is 0 Å². The van der Waals surface area contributed by atoms with Crippen LogP contribution < -0.4 is 5.32 Å². The number of amides is 2. The average Bonchev–Trinajstić information content (AvgIpc) is 2.52. The zero-order valence-electron chi connectivity index (χ0n) is 12.5. The summed E-state index contributed by atoms with van der Waals surface area (Å²) in [5.74, 6) is 0. The Morgan fingerprint density at radius 3 is 2.60 bits per heavy atom. The average molecular weight is 274 g/mol. The first kappa shape index (κ1) is 14.9. The van der Waals surface area contributed by atoms with E-state index in [2.05, 4.69) is 29.6 Å². The summed E-state index contributed by atoms with van der Waals surface area (Å²) in [4.78, 5) is 14.0. The van der Waals surface area contributed by atoms with Crippen molar-refractivity contribution in [3.8, 4) is 0 Å². The molecule has 0 heterocycles. The molecule has 1 aliphatic carbocycles. The van der Waals surface area contributed by atoms with Crippen LogP contribution in [0.25, 0.3) is 0 Å². The molecule has 0 aliphatic heterocycles. The molecule has 0 aromatic heterocycles. The van der Waals surface area contributed by atoms with Gasteiger partial charge in [-0.05, 0) is 31.2 Å². The summed E-state index contributed by atoms with van der Waals surface area (Å²) >= 11 is 0. The highest BCUT2D eigenvalue weighted by Gasteiger charge is 2.21. The Labute approximate surface area is 122 Å². The fraction of sp³-hybridized carbons (Fsp3) is 0.588. The summed E-state index contributed by atoms with van der Waals surface area (Å²) < 4.78 is 0. The second-order valence-electron chi connectivity index (χ2n) is 5.72. The van der Waals surface area contributed by atoms with E-state index in [1.165, 1.54) is 24.8 Å². The molecule has 110 valence electrons. The molecule has 0 radical (unpaired) electrons. The van der Waals surface area contributed by atoms with E-state index in [1.807, 2.05) is 18.0 Å². The standard InChI is InChI=1S/C17H26N2O/c1-19(16-12-6-3-7-13-16)17(20)18-14-8-11-15-9-4-2-5-10-15/h2,4-5,9-10,16H,3,6-8,11-14H2,1H3,(H,18,20). The van der Waals surface area contributed by atoms with Gasteiger partial charge in [0.2, 0.25) is 0 Å². The third-order valence-electron chi connectivity index (χ3n) is 4.20. The number of nitrogens with one attached hydrogen (secondary N) is 1. The summed E-state index contributed by atoms with van der Waals surface area (Å²) in [6.07, 6.45) is 8.18. The lowest BCUT2D eigenvalue weighted by atomic mass is 9.95. The number of nitrogens with zero attached hydrogens (tertiary/aromatic N) is 1. The second-order valence-corrected chi connectivity index (χ2v) is 5.72. The van der Waals surface area contributed by atoms with Gasteiger partial charge in [0.05, 0.1) is 0 Å². The van der Waals surface area contributed by atoms with Crippen LogP contribution in [0, 0.1) is 0 Å². The van der Waals surface area contributed by atoms with Crippen LogP contribution >= 0.6 is 0 Å².